The van der Waals surface area contributed by atoms with Gasteiger partial charge in [-0.25, -0.2) is 13.1 Å². The molecule has 0 saturated carbocycles. The molecule has 0 aliphatic rings. The number of nitro benzene ring substituents is 1. The highest BCUT2D eigenvalue weighted by atomic mass is 79.9. The second kappa shape index (κ2) is 6.77. The van der Waals surface area contributed by atoms with Crippen LogP contribution < -0.4 is 4.72 Å². The van der Waals surface area contributed by atoms with Crippen LogP contribution in [0, 0.1) is 17.0 Å². The van der Waals surface area contributed by atoms with Gasteiger partial charge in [-0.05, 0) is 37.1 Å². The molecule has 2 rings (SSSR count). The minimum absolute atomic E-state index is 0.299. The number of sulfonamides is 1. The van der Waals surface area contributed by atoms with E-state index in [0.717, 1.165) is 10.0 Å². The Morgan fingerprint density at radius 2 is 1.87 bits per heavy atom. The molecule has 8 heteroatoms. The second-order valence-corrected chi connectivity index (χ2v) is 7.64. The predicted octanol–water partition coefficient (Wildman–Crippen LogP) is 3.71. The molecule has 2 aromatic rings. The standard InChI is InChI=1S/C15H15BrN2O4S/c1-10-5-3-8-14(18(19)20)15(10)23(21,22)17-11(2)12-6-4-7-13(16)9-12/h3-9,11,17H,1-2H3. The summed E-state index contributed by atoms with van der Waals surface area (Å²) in [5.74, 6) is 0. The topological polar surface area (TPSA) is 89.3 Å². The largest absolute Gasteiger partial charge is 0.289 e. The molecule has 1 N–H and O–H groups in total. The van der Waals surface area contributed by atoms with Crippen LogP contribution in [0.5, 0.6) is 0 Å². The predicted molar refractivity (Wildman–Crippen MR) is 90.7 cm³/mol. The summed E-state index contributed by atoms with van der Waals surface area (Å²) in [7, 11) is -4.03. The number of nitrogens with zero attached hydrogens (tertiary/aromatic N) is 1. The molecule has 122 valence electrons. The molecule has 0 radical (unpaired) electrons. The van der Waals surface area contributed by atoms with Crippen molar-refractivity contribution in [3.05, 3.63) is 68.2 Å². The number of rotatable bonds is 5. The number of benzene rings is 2. The minimum atomic E-state index is -4.03. The molecular formula is C15H15BrN2O4S. The van der Waals surface area contributed by atoms with Crippen molar-refractivity contribution in [2.45, 2.75) is 24.8 Å². The van der Waals surface area contributed by atoms with Crippen molar-refractivity contribution >= 4 is 31.6 Å². The Hall–Kier alpha value is -1.77. The monoisotopic (exact) mass is 398 g/mol. The molecule has 2 aromatic carbocycles. The number of halogens is 1. The summed E-state index contributed by atoms with van der Waals surface area (Å²) in [5, 5.41) is 11.1. The quantitative estimate of drug-likeness (QED) is 0.613. The molecule has 1 atom stereocenters. The fraction of sp³-hybridized carbons (Fsp3) is 0.200. The lowest BCUT2D eigenvalue weighted by Crippen LogP contribution is -2.28. The molecule has 0 aromatic heterocycles. The van der Waals surface area contributed by atoms with Crippen molar-refractivity contribution in [1.29, 1.82) is 0 Å². The van der Waals surface area contributed by atoms with E-state index in [0.29, 0.717) is 5.56 Å². The summed E-state index contributed by atoms with van der Waals surface area (Å²) in [4.78, 5) is 10.1. The van der Waals surface area contributed by atoms with Crippen LogP contribution in [0.25, 0.3) is 0 Å². The average Bonchev–Trinajstić information content (AvgIpc) is 2.46. The maximum Gasteiger partial charge on any atom is 0.289 e. The van der Waals surface area contributed by atoms with Crippen molar-refractivity contribution < 1.29 is 13.3 Å². The Kier molecular flexibility index (Phi) is 5.18. The van der Waals surface area contributed by atoms with E-state index >= 15 is 0 Å². The van der Waals surface area contributed by atoms with E-state index in [1.54, 1.807) is 25.1 Å². The number of hydrogen-bond donors (Lipinski definition) is 1. The molecular weight excluding hydrogens is 384 g/mol. The summed E-state index contributed by atoms with van der Waals surface area (Å²) in [5.41, 5.74) is 0.645. The number of aryl methyl sites for hydroxylation is 1. The van der Waals surface area contributed by atoms with Gasteiger partial charge in [0.1, 0.15) is 0 Å². The van der Waals surface area contributed by atoms with Crippen LogP contribution >= 0.6 is 15.9 Å². The molecule has 0 bridgehead atoms. The molecule has 0 fully saturated rings. The van der Waals surface area contributed by atoms with E-state index in [1.165, 1.54) is 25.1 Å². The second-order valence-electron chi connectivity index (χ2n) is 5.08. The molecule has 1 unspecified atom stereocenters. The van der Waals surface area contributed by atoms with Crippen molar-refractivity contribution in [3.63, 3.8) is 0 Å². The summed E-state index contributed by atoms with van der Waals surface area (Å²) in [6.45, 7) is 3.22. The molecule has 6 nitrogen and oxygen atoms in total. The van der Waals surface area contributed by atoms with Gasteiger partial charge in [-0.2, -0.15) is 0 Å². The van der Waals surface area contributed by atoms with Gasteiger partial charge in [-0.15, -0.1) is 0 Å². The Balaban J connectivity index is 2.42. The molecule has 0 amide bonds. The smallest absolute Gasteiger partial charge is 0.258 e. The first-order valence-corrected chi connectivity index (χ1v) is 9.02. The zero-order valence-electron chi connectivity index (χ0n) is 12.5. The van der Waals surface area contributed by atoms with Gasteiger partial charge < -0.3 is 0 Å². The highest BCUT2D eigenvalue weighted by Gasteiger charge is 2.29. The van der Waals surface area contributed by atoms with E-state index < -0.39 is 26.7 Å². The van der Waals surface area contributed by atoms with E-state index in [1.807, 2.05) is 6.07 Å². The number of hydrogen-bond acceptors (Lipinski definition) is 4. The lowest BCUT2D eigenvalue weighted by molar-refractivity contribution is -0.387. The fourth-order valence-corrected chi connectivity index (χ4v) is 4.31. The van der Waals surface area contributed by atoms with Gasteiger partial charge in [0.25, 0.3) is 5.69 Å². The van der Waals surface area contributed by atoms with Gasteiger partial charge in [0, 0.05) is 16.6 Å². The summed E-state index contributed by atoms with van der Waals surface area (Å²) < 4.78 is 28.6. The van der Waals surface area contributed by atoms with Gasteiger partial charge in [0.05, 0.1) is 4.92 Å². The SMILES string of the molecule is Cc1cccc([N+](=O)[O-])c1S(=O)(=O)NC(C)c1cccc(Br)c1. The zero-order chi connectivity index (χ0) is 17.2. The number of nitrogens with one attached hydrogen (secondary N) is 1. The fourth-order valence-electron chi connectivity index (χ4n) is 2.27. The first-order chi connectivity index (χ1) is 10.7. The molecule has 0 saturated heterocycles. The molecule has 0 aliphatic carbocycles. The van der Waals surface area contributed by atoms with Crippen molar-refractivity contribution in [2.75, 3.05) is 0 Å². The maximum atomic E-state index is 12.6. The number of nitro groups is 1. The van der Waals surface area contributed by atoms with Gasteiger partial charge in [0.15, 0.2) is 4.90 Å². The molecule has 23 heavy (non-hydrogen) atoms. The highest BCUT2D eigenvalue weighted by molar-refractivity contribution is 9.10. The zero-order valence-corrected chi connectivity index (χ0v) is 14.9. The van der Waals surface area contributed by atoms with Gasteiger partial charge >= 0.3 is 0 Å². The van der Waals surface area contributed by atoms with Gasteiger partial charge in [-0.1, -0.05) is 40.2 Å². The van der Waals surface area contributed by atoms with Crippen LogP contribution in [0.2, 0.25) is 0 Å². The highest BCUT2D eigenvalue weighted by Crippen LogP contribution is 2.28. The van der Waals surface area contributed by atoms with Crippen LogP contribution in [-0.4, -0.2) is 13.3 Å². The lowest BCUT2D eigenvalue weighted by atomic mass is 10.1. The van der Waals surface area contributed by atoms with E-state index in [4.69, 9.17) is 0 Å². The minimum Gasteiger partial charge on any atom is -0.258 e. The van der Waals surface area contributed by atoms with Crippen LogP contribution in [-0.2, 0) is 10.0 Å². The van der Waals surface area contributed by atoms with Crippen LogP contribution in [0.4, 0.5) is 5.69 Å². The van der Waals surface area contributed by atoms with Crippen molar-refractivity contribution in [3.8, 4) is 0 Å². The summed E-state index contributed by atoms with van der Waals surface area (Å²) in [6.07, 6.45) is 0. The Morgan fingerprint density at radius 3 is 2.48 bits per heavy atom. The van der Waals surface area contributed by atoms with Crippen LogP contribution in [0.15, 0.2) is 51.8 Å². The maximum absolute atomic E-state index is 12.6. The van der Waals surface area contributed by atoms with Crippen LogP contribution in [0.1, 0.15) is 24.1 Å². The van der Waals surface area contributed by atoms with Crippen molar-refractivity contribution in [1.82, 2.24) is 4.72 Å². The van der Waals surface area contributed by atoms with E-state index in [9.17, 15) is 18.5 Å². The molecule has 0 aliphatic heterocycles. The Labute approximate surface area is 142 Å². The summed E-state index contributed by atoms with van der Waals surface area (Å²) >= 11 is 3.33. The lowest BCUT2D eigenvalue weighted by Gasteiger charge is -2.16. The summed E-state index contributed by atoms with van der Waals surface area (Å²) in [6, 6.07) is 10.8. The van der Waals surface area contributed by atoms with Gasteiger partial charge in [0.2, 0.25) is 10.0 Å². The average molecular weight is 399 g/mol. The molecule has 0 heterocycles. The Morgan fingerprint density at radius 1 is 1.22 bits per heavy atom. The first kappa shape index (κ1) is 17.6. The normalized spacial score (nSPS) is 12.8. The third-order valence-electron chi connectivity index (χ3n) is 3.34. The van der Waals surface area contributed by atoms with Crippen molar-refractivity contribution in [2.24, 2.45) is 0 Å². The Bertz CT molecular complexity index is 852. The van der Waals surface area contributed by atoms with E-state index in [-0.39, 0.29) is 4.90 Å². The third kappa shape index (κ3) is 3.95. The van der Waals surface area contributed by atoms with E-state index in [2.05, 4.69) is 20.7 Å². The van der Waals surface area contributed by atoms with Gasteiger partial charge in [-0.3, -0.25) is 10.1 Å². The molecule has 0 spiro atoms. The van der Waals surface area contributed by atoms with Crippen LogP contribution in [0.3, 0.4) is 0 Å². The third-order valence-corrected chi connectivity index (χ3v) is 5.56. The first-order valence-electron chi connectivity index (χ1n) is 6.74.